The highest BCUT2D eigenvalue weighted by Crippen LogP contribution is 2.27. The van der Waals surface area contributed by atoms with E-state index in [2.05, 4.69) is 55.4 Å². The molecule has 5 heterocycles. The van der Waals surface area contributed by atoms with Gasteiger partial charge in [-0.05, 0) is 11.6 Å². The molecule has 1 aliphatic rings. The molecule has 0 amide bonds. The smallest absolute Gasteiger partial charge is 0.297 e. The summed E-state index contributed by atoms with van der Waals surface area (Å²) < 4.78 is 9.82. The molecule has 1 saturated heterocycles. The Labute approximate surface area is 191 Å². The largest absolute Gasteiger partial charge is 0.428 e. The Kier molecular flexibility index (Phi) is 4.83. The molecule has 0 radical (unpaired) electrons. The number of hydrogen-bond acceptors (Lipinski definition) is 6. The molecule has 0 bridgehead atoms. The molecule has 0 atom stereocenters. The van der Waals surface area contributed by atoms with Gasteiger partial charge in [0.2, 0.25) is 0 Å². The minimum atomic E-state index is 0.710. The Morgan fingerprint density at radius 3 is 2.42 bits per heavy atom. The number of pyridine rings is 1. The second-order valence-electron chi connectivity index (χ2n) is 8.43. The first-order valence-electron chi connectivity index (χ1n) is 11.2. The molecule has 0 saturated carbocycles. The second-order valence-corrected chi connectivity index (χ2v) is 8.43. The average molecular weight is 440 g/mol. The topological polar surface area (TPSA) is 67.6 Å². The highest BCUT2D eigenvalue weighted by molar-refractivity contribution is 5.75. The van der Waals surface area contributed by atoms with E-state index in [1.165, 1.54) is 5.56 Å². The lowest BCUT2D eigenvalue weighted by molar-refractivity contribution is 0.488. The van der Waals surface area contributed by atoms with Crippen LogP contribution in [-0.4, -0.2) is 50.6 Å². The molecule has 1 aliphatic heterocycles. The van der Waals surface area contributed by atoms with Gasteiger partial charge in [-0.1, -0.05) is 36.4 Å². The number of anilines is 2. The molecule has 4 aromatic heterocycles. The van der Waals surface area contributed by atoms with Gasteiger partial charge in [0.1, 0.15) is 5.76 Å². The number of rotatable bonds is 5. The van der Waals surface area contributed by atoms with Crippen LogP contribution >= 0.6 is 0 Å². The fourth-order valence-electron chi connectivity index (χ4n) is 4.42. The summed E-state index contributed by atoms with van der Waals surface area (Å²) in [6.45, 7) is 3.50. The molecule has 0 N–H and O–H groups in total. The fourth-order valence-corrected chi connectivity index (χ4v) is 4.42. The van der Waals surface area contributed by atoms with Crippen LogP contribution in [0.15, 0.2) is 77.9 Å². The van der Waals surface area contributed by atoms with Crippen LogP contribution in [0.1, 0.15) is 11.3 Å². The van der Waals surface area contributed by atoms with Crippen molar-refractivity contribution in [2.75, 3.05) is 36.0 Å². The molecule has 8 nitrogen and oxygen atoms in total. The maximum Gasteiger partial charge on any atom is 0.297 e. The molecule has 0 aliphatic carbocycles. The Morgan fingerprint density at radius 1 is 0.818 bits per heavy atom. The number of aromatic nitrogens is 5. The van der Waals surface area contributed by atoms with E-state index in [0.717, 1.165) is 60.7 Å². The first-order valence-corrected chi connectivity index (χ1v) is 11.2. The molecule has 1 aromatic carbocycles. The quantitative estimate of drug-likeness (QED) is 0.417. The predicted octanol–water partition coefficient (Wildman–Crippen LogP) is 3.64. The molecular weight excluding hydrogens is 414 g/mol. The highest BCUT2D eigenvalue weighted by Gasteiger charge is 2.23. The van der Waals surface area contributed by atoms with Gasteiger partial charge in [-0.2, -0.15) is 10.2 Å². The van der Waals surface area contributed by atoms with Crippen LogP contribution in [0.4, 0.5) is 11.7 Å². The third-order valence-corrected chi connectivity index (χ3v) is 6.19. The van der Waals surface area contributed by atoms with E-state index >= 15 is 0 Å². The zero-order valence-electron chi connectivity index (χ0n) is 18.5. The zero-order valence-corrected chi connectivity index (χ0v) is 18.5. The number of aryl methyl sites for hydroxylation is 1. The highest BCUT2D eigenvalue weighted by atomic mass is 16.4. The third-order valence-electron chi connectivity index (χ3n) is 6.19. The Hall–Kier alpha value is -4.07. The molecule has 6 rings (SSSR count). The summed E-state index contributed by atoms with van der Waals surface area (Å²) in [5.74, 6) is 0.894. The van der Waals surface area contributed by atoms with Crippen molar-refractivity contribution in [3.63, 3.8) is 0 Å². The van der Waals surface area contributed by atoms with E-state index in [-0.39, 0.29) is 0 Å². The van der Waals surface area contributed by atoms with Gasteiger partial charge in [0.05, 0.1) is 29.8 Å². The summed E-state index contributed by atoms with van der Waals surface area (Å²) in [4.78, 5) is 9.14. The van der Waals surface area contributed by atoms with Crippen molar-refractivity contribution >= 4 is 17.2 Å². The third kappa shape index (κ3) is 3.84. The second kappa shape index (κ2) is 8.12. The summed E-state index contributed by atoms with van der Waals surface area (Å²) in [5, 5.41) is 8.88. The van der Waals surface area contributed by atoms with Crippen LogP contribution in [0.2, 0.25) is 0 Å². The molecule has 166 valence electrons. The van der Waals surface area contributed by atoms with Crippen molar-refractivity contribution in [2.45, 2.75) is 6.42 Å². The van der Waals surface area contributed by atoms with E-state index < -0.39 is 0 Å². The lowest BCUT2D eigenvalue weighted by Gasteiger charge is -2.34. The van der Waals surface area contributed by atoms with E-state index in [1.807, 2.05) is 59.2 Å². The van der Waals surface area contributed by atoms with Crippen LogP contribution in [0.25, 0.3) is 16.6 Å². The van der Waals surface area contributed by atoms with Gasteiger partial charge in [-0.25, -0.2) is 9.50 Å². The SMILES string of the molecule is Cn1cc(-c2ccc3c(N4CCN(c5ncc(Cc6ccccc6)o5)CC4)cnn3c2)cn1. The van der Waals surface area contributed by atoms with Crippen LogP contribution in [-0.2, 0) is 13.5 Å². The van der Waals surface area contributed by atoms with E-state index in [1.54, 1.807) is 0 Å². The normalized spacial score (nSPS) is 14.3. The number of fused-ring (bicyclic) bond motifs is 1. The lowest BCUT2D eigenvalue weighted by Crippen LogP contribution is -2.46. The number of piperazine rings is 1. The van der Waals surface area contributed by atoms with Gasteiger partial charge in [-0.15, -0.1) is 0 Å². The van der Waals surface area contributed by atoms with Crippen molar-refractivity contribution in [3.05, 3.63) is 84.8 Å². The Bertz CT molecular complexity index is 1380. The average Bonchev–Trinajstić information content (AvgIpc) is 3.59. The van der Waals surface area contributed by atoms with Crippen LogP contribution in [0.3, 0.4) is 0 Å². The van der Waals surface area contributed by atoms with Gasteiger partial charge in [0.25, 0.3) is 6.01 Å². The molecule has 0 unspecified atom stereocenters. The molecule has 8 heteroatoms. The lowest BCUT2D eigenvalue weighted by atomic mass is 10.1. The molecule has 1 fully saturated rings. The number of nitrogens with zero attached hydrogens (tertiary/aromatic N) is 7. The first-order chi connectivity index (χ1) is 16.2. The Morgan fingerprint density at radius 2 is 1.64 bits per heavy atom. The van der Waals surface area contributed by atoms with Crippen LogP contribution in [0, 0.1) is 0 Å². The Balaban J connectivity index is 1.14. The van der Waals surface area contributed by atoms with Crippen LogP contribution < -0.4 is 9.80 Å². The minimum absolute atomic E-state index is 0.710. The monoisotopic (exact) mass is 439 g/mol. The van der Waals surface area contributed by atoms with Crippen LogP contribution in [0.5, 0.6) is 0 Å². The van der Waals surface area contributed by atoms with Gasteiger partial charge in [0, 0.05) is 63.2 Å². The number of benzene rings is 1. The van der Waals surface area contributed by atoms with E-state index in [9.17, 15) is 0 Å². The summed E-state index contributed by atoms with van der Waals surface area (Å²) in [7, 11) is 1.93. The predicted molar refractivity (Wildman–Crippen MR) is 128 cm³/mol. The van der Waals surface area contributed by atoms with E-state index in [0.29, 0.717) is 6.01 Å². The summed E-state index contributed by atoms with van der Waals surface area (Å²) in [5.41, 5.74) is 5.68. The maximum absolute atomic E-state index is 6.05. The summed E-state index contributed by atoms with van der Waals surface area (Å²) >= 11 is 0. The summed E-state index contributed by atoms with van der Waals surface area (Å²) in [6.07, 6.45) is 10.5. The van der Waals surface area contributed by atoms with E-state index in [4.69, 9.17) is 4.42 Å². The number of hydrogen-bond donors (Lipinski definition) is 0. The molecule has 0 spiro atoms. The zero-order chi connectivity index (χ0) is 22.2. The van der Waals surface area contributed by atoms with Crippen molar-refractivity contribution in [1.82, 2.24) is 24.4 Å². The van der Waals surface area contributed by atoms with Gasteiger partial charge < -0.3 is 14.2 Å². The number of oxazole rings is 1. The first kappa shape index (κ1) is 19.6. The van der Waals surface area contributed by atoms with Crippen molar-refractivity contribution < 1.29 is 4.42 Å². The van der Waals surface area contributed by atoms with Gasteiger partial charge in [0.15, 0.2) is 0 Å². The standard InChI is InChI=1S/C25H25N7O/c1-29-17-21(14-27-29)20-7-8-23-24(16-28-32(23)18-20)30-9-11-31(12-10-30)25-26-15-22(33-25)13-19-5-3-2-4-6-19/h2-8,14-18H,9-13H2,1H3. The maximum atomic E-state index is 6.05. The summed E-state index contributed by atoms with van der Waals surface area (Å²) in [6, 6.07) is 15.3. The molecule has 5 aromatic rings. The van der Waals surface area contributed by atoms with Gasteiger partial charge in [-0.3, -0.25) is 4.68 Å². The molecule has 33 heavy (non-hydrogen) atoms. The molecular formula is C25H25N7O. The fraction of sp³-hybridized carbons (Fsp3) is 0.240. The minimum Gasteiger partial charge on any atom is -0.428 e. The van der Waals surface area contributed by atoms with Crippen molar-refractivity contribution in [3.8, 4) is 11.1 Å². The van der Waals surface area contributed by atoms with Gasteiger partial charge >= 0.3 is 0 Å². The van der Waals surface area contributed by atoms with Crippen molar-refractivity contribution in [2.24, 2.45) is 7.05 Å². The van der Waals surface area contributed by atoms with Crippen molar-refractivity contribution in [1.29, 1.82) is 0 Å².